The summed E-state index contributed by atoms with van der Waals surface area (Å²) in [6, 6.07) is 0.871. The second kappa shape index (κ2) is 5.17. The van der Waals surface area contributed by atoms with Crippen LogP contribution in [0.3, 0.4) is 0 Å². The van der Waals surface area contributed by atoms with E-state index in [1.165, 1.54) is 71.2 Å². The smallest absolute Gasteiger partial charge is 0.0982 e. The number of thiazole rings is 1. The van der Waals surface area contributed by atoms with Crippen LogP contribution in [0.25, 0.3) is 11.6 Å². The number of fused-ring (bicyclic) bond motifs is 3. The number of hydrogen-bond donors (Lipinski definition) is 0. The van der Waals surface area contributed by atoms with Gasteiger partial charge in [-0.15, -0.1) is 11.3 Å². The summed E-state index contributed by atoms with van der Waals surface area (Å²) in [6.07, 6.45) is 17.0. The van der Waals surface area contributed by atoms with Crippen molar-refractivity contribution in [1.29, 1.82) is 0 Å². The van der Waals surface area contributed by atoms with Gasteiger partial charge in [0, 0.05) is 18.5 Å². The third-order valence-corrected chi connectivity index (χ3v) is 6.89. The SMILES string of the molecule is C1=CCC2=c3nc([C@@H]4CC[C@@H]5CCCCN5C4)sc3=CC2=C1. The Bertz CT molecular complexity index is 783. The van der Waals surface area contributed by atoms with Crippen LogP contribution in [0.5, 0.6) is 0 Å². The average molecular weight is 310 g/mol. The Morgan fingerprint density at radius 3 is 3.18 bits per heavy atom. The minimum Gasteiger partial charge on any atom is -0.300 e. The van der Waals surface area contributed by atoms with Crippen molar-refractivity contribution in [1.82, 2.24) is 9.88 Å². The van der Waals surface area contributed by atoms with Crippen LogP contribution in [0.4, 0.5) is 0 Å². The first-order chi connectivity index (χ1) is 10.9. The largest absolute Gasteiger partial charge is 0.300 e. The van der Waals surface area contributed by atoms with Crippen molar-refractivity contribution in [2.75, 3.05) is 13.1 Å². The highest BCUT2D eigenvalue weighted by molar-refractivity contribution is 7.09. The molecule has 1 aromatic heterocycles. The number of nitrogens with zero attached hydrogens (tertiary/aromatic N) is 2. The Labute approximate surface area is 135 Å². The standard InChI is InChI=1S/C19H22N2S/c1-2-7-16-13(5-1)11-17-18(16)20-19(22-17)14-8-9-15-6-3-4-10-21(15)12-14/h1-2,5,11,14-15H,3-4,6-10,12H2/t14-,15+/m1/s1. The summed E-state index contributed by atoms with van der Waals surface area (Å²) in [7, 11) is 0. The Kier molecular flexibility index (Phi) is 3.12. The van der Waals surface area contributed by atoms with Crippen LogP contribution in [-0.2, 0) is 0 Å². The van der Waals surface area contributed by atoms with Crippen molar-refractivity contribution in [2.24, 2.45) is 0 Å². The van der Waals surface area contributed by atoms with Crippen molar-refractivity contribution >= 4 is 23.0 Å². The molecule has 0 saturated carbocycles. The summed E-state index contributed by atoms with van der Waals surface area (Å²) in [5.74, 6) is 0.672. The van der Waals surface area contributed by atoms with Gasteiger partial charge < -0.3 is 0 Å². The molecule has 3 heteroatoms. The van der Waals surface area contributed by atoms with E-state index in [0.717, 1.165) is 12.5 Å². The van der Waals surface area contributed by atoms with Crippen molar-refractivity contribution in [3.8, 4) is 0 Å². The second-order valence-corrected chi connectivity index (χ2v) is 8.12. The molecular formula is C19H22N2S. The number of rotatable bonds is 1. The van der Waals surface area contributed by atoms with Crippen molar-refractivity contribution in [3.05, 3.63) is 38.7 Å². The fraction of sp³-hybridized carbons (Fsp3) is 0.526. The molecule has 3 heterocycles. The second-order valence-electron chi connectivity index (χ2n) is 7.06. The van der Waals surface area contributed by atoms with E-state index in [9.17, 15) is 0 Å². The number of hydrogen-bond acceptors (Lipinski definition) is 3. The molecule has 0 radical (unpaired) electrons. The molecule has 5 rings (SSSR count). The van der Waals surface area contributed by atoms with E-state index in [0.29, 0.717) is 5.92 Å². The predicted octanol–water partition coefficient (Wildman–Crippen LogP) is 2.71. The van der Waals surface area contributed by atoms with Crippen LogP contribution < -0.4 is 9.88 Å². The molecule has 0 N–H and O–H groups in total. The zero-order valence-electron chi connectivity index (χ0n) is 12.9. The Morgan fingerprint density at radius 1 is 1.18 bits per heavy atom. The molecule has 2 saturated heterocycles. The van der Waals surface area contributed by atoms with Gasteiger partial charge in [0.25, 0.3) is 0 Å². The highest BCUT2D eigenvalue weighted by Gasteiger charge is 2.32. The van der Waals surface area contributed by atoms with E-state index in [1.54, 1.807) is 0 Å². The molecular weight excluding hydrogens is 288 g/mol. The molecule has 0 amide bonds. The van der Waals surface area contributed by atoms with Gasteiger partial charge in [-0.2, -0.15) is 0 Å². The summed E-state index contributed by atoms with van der Waals surface area (Å²) in [6.45, 7) is 2.56. The topological polar surface area (TPSA) is 16.1 Å². The van der Waals surface area contributed by atoms with Gasteiger partial charge in [0.2, 0.25) is 0 Å². The normalized spacial score (nSPS) is 30.4. The molecule has 0 unspecified atom stereocenters. The van der Waals surface area contributed by atoms with Gasteiger partial charge in [0.05, 0.1) is 14.9 Å². The van der Waals surface area contributed by atoms with Crippen molar-refractivity contribution < 1.29 is 0 Å². The van der Waals surface area contributed by atoms with E-state index in [4.69, 9.17) is 4.98 Å². The molecule has 2 fully saturated rings. The first-order valence-electron chi connectivity index (χ1n) is 8.71. The van der Waals surface area contributed by atoms with Gasteiger partial charge >= 0.3 is 0 Å². The Balaban J connectivity index is 1.46. The quantitative estimate of drug-likeness (QED) is 0.793. The third kappa shape index (κ3) is 2.06. The summed E-state index contributed by atoms with van der Waals surface area (Å²) >= 11 is 1.95. The summed E-state index contributed by atoms with van der Waals surface area (Å²) in [5.41, 5.74) is 2.84. The summed E-state index contributed by atoms with van der Waals surface area (Å²) in [5, 5.41) is 2.68. The van der Waals surface area contributed by atoms with E-state index in [1.807, 2.05) is 11.3 Å². The van der Waals surface area contributed by atoms with E-state index < -0.39 is 0 Å². The predicted molar refractivity (Wildman–Crippen MR) is 92.3 cm³/mol. The molecule has 114 valence electrons. The zero-order valence-corrected chi connectivity index (χ0v) is 13.7. The Morgan fingerprint density at radius 2 is 2.18 bits per heavy atom. The molecule has 2 nitrogen and oxygen atoms in total. The fourth-order valence-corrected chi connectivity index (χ4v) is 5.69. The molecule has 1 aromatic rings. The maximum atomic E-state index is 5.09. The van der Waals surface area contributed by atoms with Crippen LogP contribution in [-0.4, -0.2) is 29.0 Å². The average Bonchev–Trinajstić information content (AvgIpc) is 3.12. The van der Waals surface area contributed by atoms with Crippen molar-refractivity contribution in [3.63, 3.8) is 0 Å². The van der Waals surface area contributed by atoms with Crippen LogP contribution in [0.2, 0.25) is 0 Å². The third-order valence-electron chi connectivity index (χ3n) is 5.73. The zero-order chi connectivity index (χ0) is 14.5. The molecule has 2 aliphatic carbocycles. The lowest BCUT2D eigenvalue weighted by Gasteiger charge is -2.42. The van der Waals surface area contributed by atoms with Crippen LogP contribution in [0.1, 0.15) is 49.5 Å². The van der Waals surface area contributed by atoms with Gasteiger partial charge in [-0.05, 0) is 55.9 Å². The molecule has 4 aliphatic rings. The maximum Gasteiger partial charge on any atom is 0.0982 e. The molecule has 2 aliphatic heterocycles. The summed E-state index contributed by atoms with van der Waals surface area (Å²) < 4.78 is 1.40. The monoisotopic (exact) mass is 310 g/mol. The lowest BCUT2D eigenvalue weighted by Crippen LogP contribution is -2.45. The highest BCUT2D eigenvalue weighted by Crippen LogP contribution is 2.34. The number of aromatic nitrogens is 1. The minimum atomic E-state index is 0.672. The van der Waals surface area contributed by atoms with Crippen LogP contribution >= 0.6 is 11.3 Å². The molecule has 0 spiro atoms. The lowest BCUT2D eigenvalue weighted by molar-refractivity contribution is 0.0958. The minimum absolute atomic E-state index is 0.672. The number of piperidine rings is 2. The van der Waals surface area contributed by atoms with Crippen LogP contribution in [0, 0.1) is 0 Å². The van der Waals surface area contributed by atoms with Gasteiger partial charge in [0.15, 0.2) is 0 Å². The van der Waals surface area contributed by atoms with Gasteiger partial charge in [-0.25, -0.2) is 4.98 Å². The molecule has 2 atom stereocenters. The first kappa shape index (κ1) is 13.3. The Hall–Kier alpha value is -1.19. The lowest BCUT2D eigenvalue weighted by atomic mass is 9.88. The number of allylic oxidation sites excluding steroid dienone is 4. The van der Waals surface area contributed by atoms with Gasteiger partial charge in [-0.3, -0.25) is 4.90 Å². The highest BCUT2D eigenvalue weighted by atomic mass is 32.1. The fourth-order valence-electron chi connectivity index (χ4n) is 4.52. The van der Waals surface area contributed by atoms with Gasteiger partial charge in [-0.1, -0.05) is 24.6 Å². The summed E-state index contributed by atoms with van der Waals surface area (Å²) in [4.78, 5) is 7.83. The first-order valence-corrected chi connectivity index (χ1v) is 9.53. The van der Waals surface area contributed by atoms with E-state index >= 15 is 0 Å². The molecule has 22 heavy (non-hydrogen) atoms. The van der Waals surface area contributed by atoms with E-state index in [-0.39, 0.29) is 0 Å². The van der Waals surface area contributed by atoms with Crippen LogP contribution in [0.15, 0.2) is 23.8 Å². The van der Waals surface area contributed by atoms with Gasteiger partial charge in [0.1, 0.15) is 0 Å². The van der Waals surface area contributed by atoms with E-state index in [2.05, 4.69) is 29.2 Å². The van der Waals surface area contributed by atoms with Crippen molar-refractivity contribution in [2.45, 2.75) is 50.5 Å². The molecule has 0 aromatic carbocycles. The maximum absolute atomic E-state index is 5.09. The molecule has 0 bridgehead atoms.